The number of likely N-dealkylation sites (tertiary alicyclic amines) is 1. The van der Waals surface area contributed by atoms with Crippen LogP contribution in [-0.4, -0.2) is 42.4 Å². The molecule has 1 aliphatic rings. The van der Waals surface area contributed by atoms with Crippen molar-refractivity contribution in [1.29, 1.82) is 0 Å². The van der Waals surface area contributed by atoms with Gasteiger partial charge in [-0.25, -0.2) is 0 Å². The zero-order valence-corrected chi connectivity index (χ0v) is 16.1. The number of ether oxygens (including phenoxy) is 1. The molecule has 24 heavy (non-hydrogen) atoms. The van der Waals surface area contributed by atoms with Crippen molar-refractivity contribution in [2.24, 2.45) is 11.8 Å². The van der Waals surface area contributed by atoms with E-state index in [1.807, 2.05) is 0 Å². The summed E-state index contributed by atoms with van der Waals surface area (Å²) >= 11 is 0. The molecule has 1 N–H and O–H groups in total. The maximum atomic E-state index is 10.3. The maximum Gasteiger partial charge on any atom is 0.0900 e. The van der Waals surface area contributed by atoms with Crippen molar-refractivity contribution >= 4 is 0 Å². The van der Waals surface area contributed by atoms with Crippen molar-refractivity contribution < 1.29 is 9.84 Å². The number of piperidine rings is 1. The summed E-state index contributed by atoms with van der Waals surface area (Å²) in [5, 5.41) is 10.3. The smallest absolute Gasteiger partial charge is 0.0900 e. The van der Waals surface area contributed by atoms with Crippen LogP contribution in [0.4, 0.5) is 0 Å². The van der Waals surface area contributed by atoms with E-state index in [2.05, 4.69) is 57.7 Å². The molecule has 3 heteroatoms. The number of aryl methyl sites for hydroxylation is 1. The van der Waals surface area contributed by atoms with Crippen LogP contribution in [0.3, 0.4) is 0 Å². The average molecular weight is 334 g/mol. The number of hydrogen-bond donors (Lipinski definition) is 1. The monoisotopic (exact) mass is 333 g/mol. The van der Waals surface area contributed by atoms with Gasteiger partial charge in [-0.3, -0.25) is 0 Å². The summed E-state index contributed by atoms with van der Waals surface area (Å²) in [7, 11) is 0. The number of β-amino-alcohol motifs (C(OH)–C–C–N with tert-alkyl or cyclic N) is 1. The van der Waals surface area contributed by atoms with E-state index in [1.165, 1.54) is 23.1 Å². The Hall–Kier alpha value is -0.900. The SMILES string of the molecule is Cc1ccc(C(C)C)c(COC[C@H](O)CN2C[C@@H](C)C[C@H](C)C2)c1. The van der Waals surface area contributed by atoms with Gasteiger partial charge in [0.25, 0.3) is 0 Å². The van der Waals surface area contributed by atoms with Crippen molar-refractivity contribution in [2.75, 3.05) is 26.2 Å². The van der Waals surface area contributed by atoms with Gasteiger partial charge in [0.15, 0.2) is 0 Å². The molecule has 1 aliphatic heterocycles. The molecule has 0 radical (unpaired) electrons. The molecule has 0 spiro atoms. The minimum atomic E-state index is -0.408. The van der Waals surface area contributed by atoms with Gasteiger partial charge in [-0.05, 0) is 42.2 Å². The van der Waals surface area contributed by atoms with Crippen molar-refractivity contribution in [3.63, 3.8) is 0 Å². The minimum absolute atomic E-state index is 0.407. The number of nitrogens with zero attached hydrogens (tertiary/aromatic N) is 1. The van der Waals surface area contributed by atoms with Gasteiger partial charge in [0.05, 0.1) is 19.3 Å². The topological polar surface area (TPSA) is 32.7 Å². The molecule has 0 saturated carbocycles. The van der Waals surface area contributed by atoms with Crippen LogP contribution in [0.2, 0.25) is 0 Å². The van der Waals surface area contributed by atoms with Crippen LogP contribution in [0.25, 0.3) is 0 Å². The first-order valence-electron chi connectivity index (χ1n) is 9.42. The summed E-state index contributed by atoms with van der Waals surface area (Å²) in [5.74, 6) is 1.94. The largest absolute Gasteiger partial charge is 0.389 e. The van der Waals surface area contributed by atoms with Crippen LogP contribution in [0.15, 0.2) is 18.2 Å². The summed E-state index contributed by atoms with van der Waals surface area (Å²) in [6.45, 7) is 15.0. The summed E-state index contributed by atoms with van der Waals surface area (Å²) in [6, 6.07) is 6.56. The van der Waals surface area contributed by atoms with E-state index in [-0.39, 0.29) is 0 Å². The highest BCUT2D eigenvalue weighted by Crippen LogP contribution is 2.22. The fourth-order valence-corrected chi connectivity index (χ4v) is 4.02. The second-order valence-electron chi connectivity index (χ2n) is 8.19. The summed E-state index contributed by atoms with van der Waals surface area (Å²) < 4.78 is 5.85. The fourth-order valence-electron chi connectivity index (χ4n) is 4.02. The van der Waals surface area contributed by atoms with Crippen molar-refractivity contribution in [3.8, 4) is 0 Å². The van der Waals surface area contributed by atoms with Gasteiger partial charge in [0.2, 0.25) is 0 Å². The third kappa shape index (κ3) is 5.87. The van der Waals surface area contributed by atoms with E-state index in [1.54, 1.807) is 0 Å². The predicted molar refractivity (Wildman–Crippen MR) is 100 cm³/mol. The van der Waals surface area contributed by atoms with Crippen molar-refractivity contribution in [1.82, 2.24) is 4.90 Å². The fraction of sp³-hybridized carbons (Fsp3) is 0.714. The Bertz CT molecular complexity index is 505. The molecule has 2 rings (SSSR count). The first-order chi connectivity index (χ1) is 11.3. The molecule has 3 atom stereocenters. The van der Waals surface area contributed by atoms with E-state index >= 15 is 0 Å². The first kappa shape index (κ1) is 19.4. The van der Waals surface area contributed by atoms with Crippen LogP contribution in [0.1, 0.15) is 56.7 Å². The number of hydrogen-bond acceptors (Lipinski definition) is 3. The second kappa shape index (κ2) is 8.98. The van der Waals surface area contributed by atoms with Gasteiger partial charge < -0.3 is 14.7 Å². The molecule has 1 aromatic rings. The Morgan fingerprint density at radius 1 is 1.21 bits per heavy atom. The quantitative estimate of drug-likeness (QED) is 0.819. The normalized spacial score (nSPS) is 23.6. The standard InChI is InChI=1S/C21H35NO2/c1-15(2)21-7-6-16(3)9-19(21)13-24-14-20(23)12-22-10-17(4)8-18(5)11-22/h6-7,9,15,17-18,20,23H,8,10-14H2,1-5H3/t17-,18-,20+/m0/s1. The predicted octanol–water partition coefficient (Wildman–Crippen LogP) is 3.97. The van der Waals surface area contributed by atoms with Crippen LogP contribution in [0.5, 0.6) is 0 Å². The van der Waals surface area contributed by atoms with E-state index in [0.29, 0.717) is 19.1 Å². The molecule has 0 aliphatic carbocycles. The van der Waals surface area contributed by atoms with Crippen molar-refractivity contribution in [2.45, 2.75) is 59.7 Å². The molecule has 1 fully saturated rings. The highest BCUT2D eigenvalue weighted by molar-refractivity contribution is 5.33. The molecule has 3 nitrogen and oxygen atoms in total. The molecule has 0 amide bonds. The van der Waals surface area contributed by atoms with E-state index in [9.17, 15) is 5.11 Å². The van der Waals surface area contributed by atoms with E-state index in [4.69, 9.17) is 4.74 Å². The zero-order valence-electron chi connectivity index (χ0n) is 16.1. The molecule has 1 aromatic carbocycles. The molecule has 0 bridgehead atoms. The zero-order chi connectivity index (χ0) is 17.7. The van der Waals surface area contributed by atoms with Gasteiger partial charge in [-0.1, -0.05) is 51.5 Å². The molecule has 1 saturated heterocycles. The Kier molecular flexibility index (Phi) is 7.27. The number of aliphatic hydroxyl groups excluding tert-OH is 1. The maximum absolute atomic E-state index is 10.3. The third-order valence-corrected chi connectivity index (χ3v) is 4.90. The van der Waals surface area contributed by atoms with Gasteiger partial charge in [-0.15, -0.1) is 0 Å². The van der Waals surface area contributed by atoms with E-state index in [0.717, 1.165) is 31.5 Å². The summed E-state index contributed by atoms with van der Waals surface area (Å²) in [4.78, 5) is 2.39. The second-order valence-corrected chi connectivity index (χ2v) is 8.19. The number of benzene rings is 1. The van der Waals surface area contributed by atoms with Crippen LogP contribution < -0.4 is 0 Å². The molecular formula is C21H35NO2. The molecule has 1 heterocycles. The Balaban J connectivity index is 1.80. The number of rotatable bonds is 7. The van der Waals surface area contributed by atoms with Gasteiger partial charge in [0.1, 0.15) is 0 Å². The Morgan fingerprint density at radius 3 is 2.50 bits per heavy atom. The van der Waals surface area contributed by atoms with Crippen molar-refractivity contribution in [3.05, 3.63) is 34.9 Å². The lowest BCUT2D eigenvalue weighted by Gasteiger charge is -2.35. The summed E-state index contributed by atoms with van der Waals surface area (Å²) in [5.41, 5.74) is 3.85. The Morgan fingerprint density at radius 2 is 1.88 bits per heavy atom. The lowest BCUT2D eigenvalue weighted by Crippen LogP contribution is -2.43. The Labute approximate surface area is 148 Å². The lowest BCUT2D eigenvalue weighted by molar-refractivity contribution is -0.00109. The molecule has 136 valence electrons. The minimum Gasteiger partial charge on any atom is -0.389 e. The highest BCUT2D eigenvalue weighted by atomic mass is 16.5. The number of aliphatic hydroxyl groups is 1. The molecule has 0 aromatic heterocycles. The molecule has 0 unspecified atom stereocenters. The lowest BCUT2D eigenvalue weighted by atomic mass is 9.92. The third-order valence-electron chi connectivity index (χ3n) is 4.90. The van der Waals surface area contributed by atoms with E-state index < -0.39 is 6.10 Å². The van der Waals surface area contributed by atoms with Crippen LogP contribution in [-0.2, 0) is 11.3 Å². The summed E-state index contributed by atoms with van der Waals surface area (Å²) in [6.07, 6.45) is 0.892. The molecular weight excluding hydrogens is 298 g/mol. The van der Waals surface area contributed by atoms with Crippen LogP contribution in [0, 0.1) is 18.8 Å². The average Bonchev–Trinajstić information content (AvgIpc) is 2.45. The van der Waals surface area contributed by atoms with Gasteiger partial charge >= 0.3 is 0 Å². The highest BCUT2D eigenvalue weighted by Gasteiger charge is 2.23. The van der Waals surface area contributed by atoms with Crippen LogP contribution >= 0.6 is 0 Å². The van der Waals surface area contributed by atoms with Gasteiger partial charge in [-0.2, -0.15) is 0 Å². The first-order valence-corrected chi connectivity index (χ1v) is 9.42. The van der Waals surface area contributed by atoms with Gasteiger partial charge in [0, 0.05) is 19.6 Å².